The Hall–Kier alpha value is -2.30. The van der Waals surface area contributed by atoms with Crippen molar-refractivity contribution in [2.45, 2.75) is 31.7 Å². The first kappa shape index (κ1) is 13.7. The molecule has 1 saturated carbocycles. The molecule has 3 rings (SSSR count). The van der Waals surface area contributed by atoms with E-state index in [2.05, 4.69) is 15.6 Å². The highest BCUT2D eigenvalue weighted by Crippen LogP contribution is 2.19. The number of rotatable bonds is 6. The molecule has 1 aromatic carbocycles. The van der Waals surface area contributed by atoms with E-state index in [-0.39, 0.29) is 11.8 Å². The van der Waals surface area contributed by atoms with Gasteiger partial charge in [0.2, 0.25) is 5.91 Å². The number of carbonyl (C=O) groups is 2. The molecule has 1 aliphatic carbocycles. The van der Waals surface area contributed by atoms with Crippen molar-refractivity contribution >= 4 is 22.7 Å². The maximum atomic E-state index is 12.2. The van der Waals surface area contributed by atoms with Gasteiger partial charge in [0.25, 0.3) is 5.91 Å². The summed E-state index contributed by atoms with van der Waals surface area (Å²) in [6.45, 7) is 0.508. The van der Waals surface area contributed by atoms with Crippen LogP contribution in [0.25, 0.3) is 10.9 Å². The second kappa shape index (κ2) is 5.99. The number of aromatic nitrogens is 1. The molecule has 0 spiro atoms. The average molecular weight is 285 g/mol. The first-order valence-electron chi connectivity index (χ1n) is 7.38. The van der Waals surface area contributed by atoms with Crippen molar-refractivity contribution < 1.29 is 9.59 Å². The summed E-state index contributed by atoms with van der Waals surface area (Å²) < 4.78 is 0. The third-order valence-electron chi connectivity index (χ3n) is 3.64. The summed E-state index contributed by atoms with van der Waals surface area (Å²) in [5, 5.41) is 6.82. The number of fused-ring (bicyclic) bond motifs is 1. The van der Waals surface area contributed by atoms with Gasteiger partial charge < -0.3 is 15.6 Å². The molecule has 1 aliphatic rings. The summed E-state index contributed by atoms with van der Waals surface area (Å²) in [4.78, 5) is 26.8. The van der Waals surface area contributed by atoms with Crippen LogP contribution in [0.1, 0.15) is 36.0 Å². The molecule has 21 heavy (non-hydrogen) atoms. The quantitative estimate of drug-likeness (QED) is 0.710. The molecule has 1 fully saturated rings. The molecule has 0 radical (unpaired) electrons. The Morgan fingerprint density at radius 1 is 1.24 bits per heavy atom. The van der Waals surface area contributed by atoms with Crippen LogP contribution >= 0.6 is 0 Å². The van der Waals surface area contributed by atoms with E-state index in [4.69, 9.17) is 0 Å². The summed E-state index contributed by atoms with van der Waals surface area (Å²) in [6, 6.07) is 7.97. The lowest BCUT2D eigenvalue weighted by molar-refractivity contribution is -0.121. The van der Waals surface area contributed by atoms with Crippen LogP contribution in [0, 0.1) is 0 Å². The Labute approximate surface area is 123 Å². The molecule has 2 aromatic rings. The summed E-state index contributed by atoms with van der Waals surface area (Å²) in [6.07, 6.45) is 5.14. The molecule has 1 heterocycles. The molecule has 0 saturated heterocycles. The fraction of sp³-hybridized carbons (Fsp3) is 0.375. The second-order valence-corrected chi connectivity index (χ2v) is 5.45. The predicted molar refractivity (Wildman–Crippen MR) is 81.0 cm³/mol. The maximum Gasteiger partial charge on any atom is 0.253 e. The van der Waals surface area contributed by atoms with E-state index in [9.17, 15) is 9.59 Å². The number of para-hydroxylation sites is 1. The van der Waals surface area contributed by atoms with Crippen LogP contribution in [-0.2, 0) is 4.79 Å². The van der Waals surface area contributed by atoms with E-state index in [1.807, 2.05) is 24.4 Å². The number of hydrogen-bond donors (Lipinski definition) is 3. The summed E-state index contributed by atoms with van der Waals surface area (Å²) in [7, 11) is 0. The average Bonchev–Trinajstić information content (AvgIpc) is 3.15. The Kier molecular flexibility index (Phi) is 3.90. The van der Waals surface area contributed by atoms with Crippen molar-refractivity contribution in [2.24, 2.45) is 0 Å². The Morgan fingerprint density at radius 2 is 2.10 bits per heavy atom. The Morgan fingerprint density at radius 3 is 2.90 bits per heavy atom. The molecular formula is C16H19N3O2. The number of amides is 2. The zero-order chi connectivity index (χ0) is 14.7. The van der Waals surface area contributed by atoms with Crippen LogP contribution in [0.3, 0.4) is 0 Å². The topological polar surface area (TPSA) is 74.0 Å². The fourth-order valence-electron chi connectivity index (χ4n) is 2.35. The summed E-state index contributed by atoms with van der Waals surface area (Å²) >= 11 is 0. The van der Waals surface area contributed by atoms with E-state index in [0.717, 1.165) is 23.7 Å². The third-order valence-corrected chi connectivity index (χ3v) is 3.64. The molecule has 3 N–H and O–H groups in total. The van der Waals surface area contributed by atoms with E-state index in [0.29, 0.717) is 31.0 Å². The van der Waals surface area contributed by atoms with Crippen LogP contribution in [0.5, 0.6) is 0 Å². The van der Waals surface area contributed by atoms with E-state index < -0.39 is 0 Å². The van der Waals surface area contributed by atoms with Crippen molar-refractivity contribution in [1.29, 1.82) is 0 Å². The van der Waals surface area contributed by atoms with Gasteiger partial charge in [-0.2, -0.15) is 0 Å². The molecular weight excluding hydrogens is 266 g/mol. The van der Waals surface area contributed by atoms with Crippen LogP contribution in [0.15, 0.2) is 30.5 Å². The predicted octanol–water partition coefficient (Wildman–Crippen LogP) is 1.96. The van der Waals surface area contributed by atoms with E-state index >= 15 is 0 Å². The first-order valence-corrected chi connectivity index (χ1v) is 7.38. The highest BCUT2D eigenvalue weighted by Gasteiger charge is 2.22. The Balaban J connectivity index is 1.47. The number of H-pyrrole nitrogens is 1. The zero-order valence-corrected chi connectivity index (χ0v) is 11.8. The summed E-state index contributed by atoms with van der Waals surface area (Å²) in [5.74, 6) is -0.0242. The fourth-order valence-corrected chi connectivity index (χ4v) is 2.35. The van der Waals surface area contributed by atoms with Crippen LogP contribution < -0.4 is 10.6 Å². The monoisotopic (exact) mass is 285 g/mol. The maximum absolute atomic E-state index is 12.2. The molecule has 0 atom stereocenters. The van der Waals surface area contributed by atoms with Gasteiger partial charge in [-0.3, -0.25) is 9.59 Å². The number of aromatic amines is 1. The van der Waals surface area contributed by atoms with Crippen LogP contribution in [0.4, 0.5) is 0 Å². The number of hydrogen-bond acceptors (Lipinski definition) is 2. The number of carbonyl (C=O) groups excluding carboxylic acids is 2. The van der Waals surface area contributed by atoms with Crippen molar-refractivity contribution in [2.75, 3.05) is 6.54 Å². The summed E-state index contributed by atoms with van der Waals surface area (Å²) in [5.41, 5.74) is 1.49. The molecule has 5 heteroatoms. The highest BCUT2D eigenvalue weighted by molar-refractivity contribution is 6.05. The zero-order valence-electron chi connectivity index (χ0n) is 11.8. The molecule has 5 nitrogen and oxygen atoms in total. The lowest BCUT2D eigenvalue weighted by Gasteiger charge is -2.07. The molecule has 0 unspecified atom stereocenters. The number of nitrogens with one attached hydrogen (secondary N) is 3. The van der Waals surface area contributed by atoms with Crippen LogP contribution in [0.2, 0.25) is 0 Å². The van der Waals surface area contributed by atoms with Gasteiger partial charge in [0.1, 0.15) is 0 Å². The molecule has 1 aromatic heterocycles. The van der Waals surface area contributed by atoms with Crippen LogP contribution in [-0.4, -0.2) is 29.4 Å². The SMILES string of the molecule is O=C(CCCNC(=O)c1cccc2cc[nH]c12)NC1CC1. The lowest BCUT2D eigenvalue weighted by Crippen LogP contribution is -2.28. The van der Waals surface area contributed by atoms with Gasteiger partial charge in [0, 0.05) is 30.6 Å². The lowest BCUT2D eigenvalue weighted by atomic mass is 10.1. The highest BCUT2D eigenvalue weighted by atomic mass is 16.2. The van der Waals surface area contributed by atoms with Gasteiger partial charge in [-0.25, -0.2) is 0 Å². The van der Waals surface area contributed by atoms with Crippen molar-refractivity contribution in [3.63, 3.8) is 0 Å². The van der Waals surface area contributed by atoms with Gasteiger partial charge in [-0.05, 0) is 31.4 Å². The van der Waals surface area contributed by atoms with Gasteiger partial charge >= 0.3 is 0 Å². The third kappa shape index (κ3) is 3.42. The van der Waals surface area contributed by atoms with E-state index in [1.165, 1.54) is 0 Å². The van der Waals surface area contributed by atoms with Crippen molar-refractivity contribution in [3.8, 4) is 0 Å². The molecule has 2 amide bonds. The van der Waals surface area contributed by atoms with Gasteiger partial charge in [-0.1, -0.05) is 12.1 Å². The van der Waals surface area contributed by atoms with Crippen molar-refractivity contribution in [1.82, 2.24) is 15.6 Å². The van der Waals surface area contributed by atoms with Gasteiger partial charge in [0.05, 0.1) is 11.1 Å². The second-order valence-electron chi connectivity index (χ2n) is 5.45. The van der Waals surface area contributed by atoms with Crippen molar-refractivity contribution in [3.05, 3.63) is 36.0 Å². The largest absolute Gasteiger partial charge is 0.361 e. The van der Waals surface area contributed by atoms with E-state index in [1.54, 1.807) is 6.07 Å². The minimum atomic E-state index is -0.106. The van der Waals surface area contributed by atoms with Gasteiger partial charge in [0.15, 0.2) is 0 Å². The standard InChI is InChI=1S/C16H19N3O2/c20-14(19-12-6-7-12)5-2-9-18-16(21)13-4-1-3-11-8-10-17-15(11)13/h1,3-4,8,10,12,17H,2,5-7,9H2,(H,18,21)(H,19,20). The smallest absolute Gasteiger partial charge is 0.253 e. The number of benzene rings is 1. The normalized spacial score (nSPS) is 14.1. The van der Waals surface area contributed by atoms with Gasteiger partial charge in [-0.15, -0.1) is 0 Å². The molecule has 0 aliphatic heterocycles. The minimum Gasteiger partial charge on any atom is -0.361 e. The Bertz CT molecular complexity index is 658. The first-order chi connectivity index (χ1) is 10.2. The molecule has 0 bridgehead atoms. The molecule has 110 valence electrons. The minimum absolute atomic E-state index is 0.0817.